The average Bonchev–Trinajstić information content (AvgIpc) is 2.98. The molecule has 1 fully saturated rings. The van der Waals surface area contributed by atoms with Crippen molar-refractivity contribution in [3.05, 3.63) is 42.5 Å². The highest BCUT2D eigenvalue weighted by molar-refractivity contribution is 5.43. The van der Waals surface area contributed by atoms with Gasteiger partial charge in [0.1, 0.15) is 11.6 Å². The van der Waals surface area contributed by atoms with E-state index in [4.69, 9.17) is 0 Å². The predicted molar refractivity (Wildman–Crippen MR) is 75.1 cm³/mol. The van der Waals surface area contributed by atoms with Gasteiger partial charge in [-0.15, -0.1) is 0 Å². The predicted octanol–water partition coefficient (Wildman–Crippen LogP) is 2.25. The molecule has 3 rings (SSSR count). The van der Waals surface area contributed by atoms with Crippen LogP contribution >= 0.6 is 0 Å². The first kappa shape index (κ1) is 11.9. The Morgan fingerprint density at radius 2 is 2.26 bits per heavy atom. The van der Waals surface area contributed by atoms with Crippen LogP contribution in [0.5, 0.6) is 0 Å². The van der Waals surface area contributed by atoms with Crippen molar-refractivity contribution in [2.24, 2.45) is 0 Å². The molecule has 0 spiro atoms. The standard InChI is InChI=1S/C14H17N5/c1-15-13-10-16-9-11(18-13)12-5-4-8-19(12)14-6-2-3-7-17-14/h2-3,6-7,9-10,12H,4-5,8H2,1H3,(H,15,18)/t12-/m0/s1. The molecule has 1 N–H and O–H groups in total. The van der Waals surface area contributed by atoms with Gasteiger partial charge in [-0.1, -0.05) is 6.07 Å². The number of rotatable bonds is 3. The van der Waals surface area contributed by atoms with E-state index in [1.54, 1.807) is 6.20 Å². The molecule has 98 valence electrons. The van der Waals surface area contributed by atoms with E-state index in [1.807, 2.05) is 37.6 Å². The minimum atomic E-state index is 0.274. The third-order valence-corrected chi connectivity index (χ3v) is 3.45. The number of nitrogens with one attached hydrogen (secondary N) is 1. The van der Waals surface area contributed by atoms with E-state index in [2.05, 4.69) is 25.2 Å². The highest BCUT2D eigenvalue weighted by atomic mass is 15.2. The van der Waals surface area contributed by atoms with Crippen molar-refractivity contribution in [1.82, 2.24) is 15.0 Å². The zero-order valence-corrected chi connectivity index (χ0v) is 11.0. The number of nitrogens with zero attached hydrogens (tertiary/aromatic N) is 4. The van der Waals surface area contributed by atoms with Crippen LogP contribution in [0.3, 0.4) is 0 Å². The number of aromatic nitrogens is 3. The van der Waals surface area contributed by atoms with Gasteiger partial charge in [-0.25, -0.2) is 9.97 Å². The number of anilines is 2. The molecule has 0 bridgehead atoms. The lowest BCUT2D eigenvalue weighted by atomic mass is 10.1. The lowest BCUT2D eigenvalue weighted by Gasteiger charge is -2.25. The zero-order chi connectivity index (χ0) is 13.1. The van der Waals surface area contributed by atoms with Crippen LogP contribution < -0.4 is 10.2 Å². The molecule has 1 saturated heterocycles. The second-order valence-electron chi connectivity index (χ2n) is 4.62. The molecule has 1 aliphatic rings. The minimum absolute atomic E-state index is 0.274. The average molecular weight is 255 g/mol. The Kier molecular flexibility index (Phi) is 3.27. The van der Waals surface area contributed by atoms with Gasteiger partial charge in [0.05, 0.1) is 24.1 Å². The van der Waals surface area contributed by atoms with Gasteiger partial charge in [0.15, 0.2) is 0 Å². The highest BCUT2D eigenvalue weighted by Crippen LogP contribution is 2.34. The van der Waals surface area contributed by atoms with Gasteiger partial charge in [0.25, 0.3) is 0 Å². The van der Waals surface area contributed by atoms with E-state index in [-0.39, 0.29) is 6.04 Å². The van der Waals surface area contributed by atoms with Crippen molar-refractivity contribution in [3.63, 3.8) is 0 Å². The monoisotopic (exact) mass is 255 g/mol. The molecule has 0 aliphatic carbocycles. The zero-order valence-electron chi connectivity index (χ0n) is 11.0. The summed E-state index contributed by atoms with van der Waals surface area (Å²) in [5.74, 6) is 1.83. The van der Waals surface area contributed by atoms with Gasteiger partial charge in [0.2, 0.25) is 0 Å². The fraction of sp³-hybridized carbons (Fsp3) is 0.357. The van der Waals surface area contributed by atoms with Crippen LogP contribution in [-0.4, -0.2) is 28.5 Å². The summed E-state index contributed by atoms with van der Waals surface area (Å²) in [6.07, 6.45) is 7.68. The Labute approximate surface area is 112 Å². The van der Waals surface area contributed by atoms with Gasteiger partial charge in [-0.2, -0.15) is 0 Å². The van der Waals surface area contributed by atoms with Crippen LogP contribution in [-0.2, 0) is 0 Å². The molecule has 0 radical (unpaired) electrons. The Hall–Kier alpha value is -2.17. The number of hydrogen-bond acceptors (Lipinski definition) is 5. The Morgan fingerprint density at radius 3 is 3.05 bits per heavy atom. The lowest BCUT2D eigenvalue weighted by molar-refractivity contribution is 0.684. The fourth-order valence-electron chi connectivity index (χ4n) is 2.53. The maximum Gasteiger partial charge on any atom is 0.144 e. The molecular formula is C14H17N5. The summed E-state index contributed by atoms with van der Waals surface area (Å²) < 4.78 is 0. The smallest absolute Gasteiger partial charge is 0.144 e. The summed E-state index contributed by atoms with van der Waals surface area (Å²) >= 11 is 0. The first-order valence-electron chi connectivity index (χ1n) is 6.56. The molecule has 3 heterocycles. The highest BCUT2D eigenvalue weighted by Gasteiger charge is 2.28. The molecule has 2 aromatic rings. The van der Waals surface area contributed by atoms with E-state index in [0.29, 0.717) is 0 Å². The van der Waals surface area contributed by atoms with Crippen LogP contribution in [0.4, 0.5) is 11.6 Å². The second-order valence-corrected chi connectivity index (χ2v) is 4.62. The molecule has 1 aliphatic heterocycles. The molecule has 1 atom stereocenters. The van der Waals surface area contributed by atoms with Gasteiger partial charge >= 0.3 is 0 Å². The molecular weight excluding hydrogens is 238 g/mol. The summed E-state index contributed by atoms with van der Waals surface area (Å²) in [5.41, 5.74) is 1.01. The second kappa shape index (κ2) is 5.22. The molecule has 0 aromatic carbocycles. The minimum Gasteiger partial charge on any atom is -0.372 e. The van der Waals surface area contributed by atoms with E-state index >= 15 is 0 Å². The van der Waals surface area contributed by atoms with Crippen molar-refractivity contribution in [2.75, 3.05) is 23.8 Å². The largest absolute Gasteiger partial charge is 0.372 e. The van der Waals surface area contributed by atoms with E-state index < -0.39 is 0 Å². The maximum atomic E-state index is 4.61. The summed E-state index contributed by atoms with van der Waals surface area (Å²) in [5, 5.41) is 3.04. The summed E-state index contributed by atoms with van der Waals surface area (Å²) in [7, 11) is 1.86. The van der Waals surface area contributed by atoms with Crippen molar-refractivity contribution in [2.45, 2.75) is 18.9 Å². The topological polar surface area (TPSA) is 53.9 Å². The quantitative estimate of drug-likeness (QED) is 0.911. The SMILES string of the molecule is CNc1cncc([C@@H]2CCCN2c2ccccn2)n1. The van der Waals surface area contributed by atoms with Crippen LogP contribution in [0.25, 0.3) is 0 Å². The van der Waals surface area contributed by atoms with Gasteiger partial charge in [-0.05, 0) is 25.0 Å². The molecule has 0 saturated carbocycles. The van der Waals surface area contributed by atoms with Gasteiger partial charge in [-0.3, -0.25) is 4.98 Å². The Morgan fingerprint density at radius 1 is 1.32 bits per heavy atom. The number of hydrogen-bond donors (Lipinski definition) is 1. The fourth-order valence-corrected chi connectivity index (χ4v) is 2.53. The van der Waals surface area contributed by atoms with E-state index in [9.17, 15) is 0 Å². The van der Waals surface area contributed by atoms with Gasteiger partial charge < -0.3 is 10.2 Å². The summed E-state index contributed by atoms with van der Waals surface area (Å²) in [6.45, 7) is 1.02. The van der Waals surface area contributed by atoms with Crippen molar-refractivity contribution >= 4 is 11.6 Å². The Bertz CT molecular complexity index is 543. The first-order valence-corrected chi connectivity index (χ1v) is 6.56. The first-order chi connectivity index (χ1) is 9.38. The molecule has 5 nitrogen and oxygen atoms in total. The van der Waals surface area contributed by atoms with Crippen LogP contribution in [0.15, 0.2) is 36.8 Å². The normalized spacial score (nSPS) is 18.6. The molecule has 2 aromatic heterocycles. The lowest BCUT2D eigenvalue weighted by Crippen LogP contribution is -2.24. The maximum absolute atomic E-state index is 4.61. The van der Waals surface area contributed by atoms with Gasteiger partial charge in [0, 0.05) is 19.8 Å². The Balaban J connectivity index is 1.90. The molecule has 19 heavy (non-hydrogen) atoms. The van der Waals surface area contributed by atoms with Crippen LogP contribution in [0, 0.1) is 0 Å². The van der Waals surface area contributed by atoms with Crippen molar-refractivity contribution in [3.8, 4) is 0 Å². The van der Waals surface area contributed by atoms with Crippen LogP contribution in [0.1, 0.15) is 24.6 Å². The summed E-state index contributed by atoms with van der Waals surface area (Å²) in [4.78, 5) is 15.6. The summed E-state index contributed by atoms with van der Waals surface area (Å²) in [6, 6.07) is 6.28. The van der Waals surface area contributed by atoms with Crippen molar-refractivity contribution < 1.29 is 0 Å². The third kappa shape index (κ3) is 2.36. The molecule has 0 amide bonds. The molecule has 5 heteroatoms. The van der Waals surface area contributed by atoms with E-state index in [0.717, 1.165) is 36.7 Å². The number of pyridine rings is 1. The van der Waals surface area contributed by atoms with Crippen LogP contribution in [0.2, 0.25) is 0 Å². The third-order valence-electron chi connectivity index (χ3n) is 3.45. The van der Waals surface area contributed by atoms with E-state index in [1.165, 1.54) is 0 Å². The van der Waals surface area contributed by atoms with Crippen molar-refractivity contribution in [1.29, 1.82) is 0 Å². The molecule has 0 unspecified atom stereocenters.